The Hall–Kier alpha value is -0.940. The topological polar surface area (TPSA) is 68.0 Å². The number of rotatable bonds is 6. The van der Waals surface area contributed by atoms with Crippen molar-refractivity contribution in [1.29, 1.82) is 0 Å². The summed E-state index contributed by atoms with van der Waals surface area (Å²) in [5, 5.41) is 4.79. The Kier molecular flexibility index (Phi) is 5.28. The molecule has 0 bridgehead atoms. The summed E-state index contributed by atoms with van der Waals surface area (Å²) in [5.41, 5.74) is 8.47. The van der Waals surface area contributed by atoms with Crippen LogP contribution in [0.25, 0.3) is 0 Å². The van der Waals surface area contributed by atoms with Crippen LogP contribution in [0.3, 0.4) is 0 Å². The lowest BCUT2D eigenvalue weighted by atomic mass is 10.1. The maximum absolute atomic E-state index is 11.4. The summed E-state index contributed by atoms with van der Waals surface area (Å²) in [7, 11) is 0. The number of nitrogens with two attached hydrogens (primary N) is 1. The van der Waals surface area contributed by atoms with Crippen LogP contribution in [0.5, 0.6) is 0 Å². The Morgan fingerprint density at radius 1 is 1.73 bits per heavy atom. The molecule has 1 heterocycles. The summed E-state index contributed by atoms with van der Waals surface area (Å²) < 4.78 is 0. The highest BCUT2D eigenvalue weighted by atomic mass is 32.1. The van der Waals surface area contributed by atoms with Crippen LogP contribution < -0.4 is 11.1 Å². The van der Waals surface area contributed by atoms with Gasteiger partial charge in [0.15, 0.2) is 0 Å². The number of amides is 1. The predicted molar refractivity (Wildman–Crippen MR) is 61.7 cm³/mol. The van der Waals surface area contributed by atoms with Crippen molar-refractivity contribution in [1.82, 2.24) is 10.3 Å². The lowest BCUT2D eigenvalue weighted by molar-refractivity contribution is -0.122. The summed E-state index contributed by atoms with van der Waals surface area (Å²) in [6.07, 6.45) is 2.44. The van der Waals surface area contributed by atoms with Gasteiger partial charge in [-0.25, -0.2) is 4.98 Å². The zero-order chi connectivity index (χ0) is 11.1. The van der Waals surface area contributed by atoms with E-state index in [0.29, 0.717) is 6.54 Å². The minimum Gasteiger partial charge on any atom is -0.354 e. The Balaban J connectivity index is 2.17. The van der Waals surface area contributed by atoms with Crippen molar-refractivity contribution < 1.29 is 4.79 Å². The molecule has 0 aliphatic carbocycles. The van der Waals surface area contributed by atoms with Gasteiger partial charge in [0.05, 0.1) is 17.2 Å². The Bertz CT molecular complexity index is 287. The van der Waals surface area contributed by atoms with E-state index in [4.69, 9.17) is 5.73 Å². The molecular weight excluding hydrogens is 210 g/mol. The first-order valence-electron chi connectivity index (χ1n) is 5.14. The lowest BCUT2D eigenvalue weighted by Crippen LogP contribution is -2.41. The normalized spacial score (nSPS) is 12.4. The summed E-state index contributed by atoms with van der Waals surface area (Å²) >= 11 is 1.56. The van der Waals surface area contributed by atoms with E-state index in [1.807, 2.05) is 12.3 Å². The quantitative estimate of drug-likeness (QED) is 0.759. The van der Waals surface area contributed by atoms with Crippen LogP contribution in [0, 0.1) is 0 Å². The summed E-state index contributed by atoms with van der Waals surface area (Å²) in [4.78, 5) is 15.5. The standard InChI is InChI=1S/C10H17N3OS/c1-2-3-9(11)10(14)12-5-4-8-6-15-7-13-8/h6-7,9H,2-5,11H2,1H3,(H,12,14). The number of nitrogens with one attached hydrogen (secondary N) is 1. The third kappa shape index (κ3) is 4.40. The van der Waals surface area contributed by atoms with Crippen LogP contribution >= 0.6 is 11.3 Å². The molecule has 1 rings (SSSR count). The summed E-state index contributed by atoms with van der Waals surface area (Å²) in [6.45, 7) is 2.63. The molecule has 0 spiro atoms. The van der Waals surface area contributed by atoms with E-state index in [1.54, 1.807) is 16.8 Å². The Morgan fingerprint density at radius 2 is 2.53 bits per heavy atom. The van der Waals surface area contributed by atoms with Crippen LogP contribution in [0.4, 0.5) is 0 Å². The molecule has 84 valence electrons. The van der Waals surface area contributed by atoms with Gasteiger partial charge in [-0.3, -0.25) is 4.79 Å². The van der Waals surface area contributed by atoms with Gasteiger partial charge in [-0.05, 0) is 6.42 Å². The van der Waals surface area contributed by atoms with Gasteiger partial charge >= 0.3 is 0 Å². The van der Waals surface area contributed by atoms with Crippen LogP contribution in [0.15, 0.2) is 10.9 Å². The van der Waals surface area contributed by atoms with Crippen LogP contribution in [-0.4, -0.2) is 23.5 Å². The van der Waals surface area contributed by atoms with E-state index in [2.05, 4.69) is 10.3 Å². The molecule has 5 heteroatoms. The zero-order valence-corrected chi connectivity index (χ0v) is 9.72. The second-order valence-corrected chi connectivity index (χ2v) is 4.13. The lowest BCUT2D eigenvalue weighted by Gasteiger charge is -2.10. The molecule has 4 nitrogen and oxygen atoms in total. The molecule has 0 fully saturated rings. The van der Waals surface area contributed by atoms with Crippen molar-refractivity contribution in [3.05, 3.63) is 16.6 Å². The maximum atomic E-state index is 11.4. The van der Waals surface area contributed by atoms with Crippen molar-refractivity contribution in [3.63, 3.8) is 0 Å². The first kappa shape index (κ1) is 12.1. The highest BCUT2D eigenvalue weighted by Crippen LogP contribution is 2.00. The molecule has 0 aliphatic rings. The minimum absolute atomic E-state index is 0.0629. The predicted octanol–water partition coefficient (Wildman–Crippen LogP) is 0.929. The average molecular weight is 227 g/mol. The monoisotopic (exact) mass is 227 g/mol. The van der Waals surface area contributed by atoms with Gasteiger partial charge in [-0.1, -0.05) is 13.3 Å². The number of hydrogen-bond acceptors (Lipinski definition) is 4. The van der Waals surface area contributed by atoms with E-state index < -0.39 is 0 Å². The smallest absolute Gasteiger partial charge is 0.236 e. The number of thiazole rings is 1. The molecular formula is C10H17N3OS. The molecule has 1 aromatic rings. The average Bonchev–Trinajstić information content (AvgIpc) is 2.71. The largest absolute Gasteiger partial charge is 0.354 e. The SMILES string of the molecule is CCCC(N)C(=O)NCCc1cscn1. The van der Waals surface area contributed by atoms with E-state index in [-0.39, 0.29) is 11.9 Å². The highest BCUT2D eigenvalue weighted by Gasteiger charge is 2.10. The first-order valence-corrected chi connectivity index (χ1v) is 6.08. The van der Waals surface area contributed by atoms with Crippen LogP contribution in [-0.2, 0) is 11.2 Å². The molecule has 0 aromatic carbocycles. The van der Waals surface area contributed by atoms with Crippen molar-refractivity contribution in [3.8, 4) is 0 Å². The summed E-state index contributed by atoms with van der Waals surface area (Å²) in [5.74, 6) is -0.0629. The molecule has 1 aromatic heterocycles. The molecule has 1 amide bonds. The third-order valence-electron chi connectivity index (χ3n) is 2.10. The second kappa shape index (κ2) is 6.53. The Labute approximate surface area is 93.9 Å². The molecule has 1 atom stereocenters. The molecule has 0 saturated carbocycles. The minimum atomic E-state index is -0.370. The van der Waals surface area contributed by atoms with Crippen molar-refractivity contribution in [2.24, 2.45) is 5.73 Å². The number of carbonyl (C=O) groups excluding carboxylic acids is 1. The number of hydrogen-bond donors (Lipinski definition) is 2. The zero-order valence-electron chi connectivity index (χ0n) is 8.90. The van der Waals surface area contributed by atoms with Crippen LogP contribution in [0.1, 0.15) is 25.5 Å². The molecule has 3 N–H and O–H groups in total. The molecule has 0 radical (unpaired) electrons. The molecule has 0 aliphatic heterocycles. The molecule has 0 saturated heterocycles. The first-order chi connectivity index (χ1) is 7.24. The van der Waals surface area contributed by atoms with Gasteiger partial charge in [0, 0.05) is 18.3 Å². The van der Waals surface area contributed by atoms with Gasteiger partial charge in [0.1, 0.15) is 0 Å². The number of nitrogens with zero attached hydrogens (tertiary/aromatic N) is 1. The van der Waals surface area contributed by atoms with Crippen molar-refractivity contribution in [2.75, 3.05) is 6.54 Å². The fourth-order valence-corrected chi connectivity index (χ4v) is 1.84. The maximum Gasteiger partial charge on any atom is 0.236 e. The van der Waals surface area contributed by atoms with E-state index in [0.717, 1.165) is 25.0 Å². The van der Waals surface area contributed by atoms with Crippen molar-refractivity contribution >= 4 is 17.2 Å². The fraction of sp³-hybridized carbons (Fsp3) is 0.600. The van der Waals surface area contributed by atoms with E-state index in [1.165, 1.54) is 0 Å². The Morgan fingerprint density at radius 3 is 3.13 bits per heavy atom. The van der Waals surface area contributed by atoms with Gasteiger partial charge in [-0.2, -0.15) is 0 Å². The molecule has 1 unspecified atom stereocenters. The third-order valence-corrected chi connectivity index (χ3v) is 2.74. The second-order valence-electron chi connectivity index (χ2n) is 3.42. The molecule has 15 heavy (non-hydrogen) atoms. The number of aromatic nitrogens is 1. The van der Waals surface area contributed by atoms with Gasteiger partial charge in [0.25, 0.3) is 0 Å². The van der Waals surface area contributed by atoms with E-state index >= 15 is 0 Å². The van der Waals surface area contributed by atoms with Gasteiger partial charge in [-0.15, -0.1) is 11.3 Å². The number of carbonyl (C=O) groups is 1. The van der Waals surface area contributed by atoms with Gasteiger partial charge < -0.3 is 11.1 Å². The summed E-state index contributed by atoms with van der Waals surface area (Å²) in [6, 6.07) is -0.370. The van der Waals surface area contributed by atoms with Crippen LogP contribution in [0.2, 0.25) is 0 Å². The fourth-order valence-electron chi connectivity index (χ4n) is 1.25. The highest BCUT2D eigenvalue weighted by molar-refractivity contribution is 7.07. The van der Waals surface area contributed by atoms with Gasteiger partial charge in [0.2, 0.25) is 5.91 Å². The van der Waals surface area contributed by atoms with E-state index in [9.17, 15) is 4.79 Å². The van der Waals surface area contributed by atoms with Crippen molar-refractivity contribution in [2.45, 2.75) is 32.2 Å².